The molecule has 0 radical (unpaired) electrons. The lowest BCUT2D eigenvalue weighted by Crippen LogP contribution is -2.00. The third kappa shape index (κ3) is 4.67. The van der Waals surface area contributed by atoms with Crippen molar-refractivity contribution in [2.24, 2.45) is 0 Å². The summed E-state index contributed by atoms with van der Waals surface area (Å²) in [5.41, 5.74) is 4.59. The Kier molecular flexibility index (Phi) is 6.58. The van der Waals surface area contributed by atoms with Crippen LogP contribution >= 0.6 is 0 Å². The molecule has 0 aliphatic rings. The molecule has 0 amide bonds. The smallest absolute Gasteiger partial charge is 0.338 e. The molecule has 4 aromatic rings. The second-order valence-corrected chi connectivity index (χ2v) is 7.32. The molecule has 0 unspecified atom stereocenters. The molecule has 1 N–H and O–H groups in total. The average Bonchev–Trinajstić information content (AvgIpc) is 3.30. The topological polar surface area (TPSA) is 94.7 Å². The van der Waals surface area contributed by atoms with Gasteiger partial charge in [-0.15, -0.1) is 0 Å². The Labute approximate surface area is 189 Å². The zero-order valence-corrected chi connectivity index (χ0v) is 18.0. The van der Waals surface area contributed by atoms with Crippen LogP contribution in [0.5, 0.6) is 0 Å². The minimum atomic E-state index is -1.34. The van der Waals surface area contributed by atoms with Crippen molar-refractivity contribution in [3.8, 4) is 34.0 Å². The molecule has 0 spiro atoms. The Morgan fingerprint density at radius 2 is 1.64 bits per heavy atom. The van der Waals surface area contributed by atoms with Gasteiger partial charge in [0.1, 0.15) is 5.82 Å². The molecular weight excluding hydrogens is 427 g/mol. The maximum atomic E-state index is 14.1. The van der Waals surface area contributed by atoms with Crippen LogP contribution in [0.15, 0.2) is 65.2 Å². The molecule has 0 fully saturated rings. The van der Waals surface area contributed by atoms with Gasteiger partial charge in [0.2, 0.25) is 5.82 Å². The van der Waals surface area contributed by atoms with E-state index in [1.54, 1.807) is 14.2 Å². The van der Waals surface area contributed by atoms with E-state index in [9.17, 15) is 9.18 Å². The Morgan fingerprint density at radius 3 is 2.36 bits per heavy atom. The second-order valence-electron chi connectivity index (χ2n) is 7.32. The first-order valence-corrected chi connectivity index (χ1v) is 10.1. The molecule has 0 saturated heterocycles. The van der Waals surface area contributed by atoms with Crippen molar-refractivity contribution in [2.45, 2.75) is 13.2 Å². The van der Waals surface area contributed by atoms with Gasteiger partial charge < -0.3 is 19.1 Å². The average molecular weight is 448 g/mol. The van der Waals surface area contributed by atoms with Crippen LogP contribution in [0.1, 0.15) is 21.5 Å². The number of carboxylic acids is 1. The highest BCUT2D eigenvalue weighted by Crippen LogP contribution is 2.32. The van der Waals surface area contributed by atoms with Gasteiger partial charge in [0, 0.05) is 25.3 Å². The molecule has 1 heterocycles. The normalized spacial score (nSPS) is 11.0. The van der Waals surface area contributed by atoms with E-state index in [1.165, 1.54) is 12.1 Å². The van der Waals surface area contributed by atoms with Gasteiger partial charge in [-0.3, -0.25) is 0 Å². The number of hydrogen-bond donors (Lipinski definition) is 1. The fourth-order valence-corrected chi connectivity index (χ4v) is 3.61. The summed E-state index contributed by atoms with van der Waals surface area (Å²) in [7, 11) is 3.28. The number of benzene rings is 3. The van der Waals surface area contributed by atoms with E-state index in [0.29, 0.717) is 24.3 Å². The highest BCUT2D eigenvalue weighted by Gasteiger charge is 2.17. The van der Waals surface area contributed by atoms with Crippen LogP contribution < -0.4 is 0 Å². The Balaban J connectivity index is 1.70. The number of aromatic nitrogens is 2. The van der Waals surface area contributed by atoms with E-state index in [-0.39, 0.29) is 11.7 Å². The van der Waals surface area contributed by atoms with Crippen molar-refractivity contribution in [3.05, 3.63) is 83.2 Å². The van der Waals surface area contributed by atoms with E-state index in [1.807, 2.05) is 42.5 Å². The first kappa shape index (κ1) is 22.3. The van der Waals surface area contributed by atoms with Crippen LogP contribution in [-0.2, 0) is 22.7 Å². The van der Waals surface area contributed by atoms with Gasteiger partial charge in [-0.05, 0) is 52.6 Å². The number of carbonyl (C=O) groups is 1. The lowest BCUT2D eigenvalue weighted by Gasteiger charge is -2.14. The zero-order valence-electron chi connectivity index (χ0n) is 18.0. The van der Waals surface area contributed by atoms with Crippen molar-refractivity contribution >= 4 is 5.97 Å². The number of carboxylic acid groups (broad SMARTS) is 1. The van der Waals surface area contributed by atoms with Crippen LogP contribution in [0.3, 0.4) is 0 Å². The highest BCUT2D eigenvalue weighted by atomic mass is 19.1. The van der Waals surface area contributed by atoms with Gasteiger partial charge >= 0.3 is 5.97 Å². The summed E-state index contributed by atoms with van der Waals surface area (Å²) in [6.45, 7) is 0.849. The largest absolute Gasteiger partial charge is 0.478 e. The van der Waals surface area contributed by atoms with Gasteiger partial charge in [0.25, 0.3) is 5.89 Å². The third-order valence-electron chi connectivity index (χ3n) is 5.14. The summed E-state index contributed by atoms with van der Waals surface area (Å²) in [6.07, 6.45) is 0. The first-order valence-electron chi connectivity index (χ1n) is 10.1. The number of halogens is 1. The molecule has 0 bridgehead atoms. The van der Waals surface area contributed by atoms with Crippen molar-refractivity contribution in [2.75, 3.05) is 14.2 Å². The van der Waals surface area contributed by atoms with E-state index < -0.39 is 17.3 Å². The molecule has 7 nitrogen and oxygen atoms in total. The minimum absolute atomic E-state index is 0.156. The molecule has 0 aliphatic heterocycles. The summed E-state index contributed by atoms with van der Waals surface area (Å²) in [5.74, 6) is -1.80. The number of hydrogen-bond acceptors (Lipinski definition) is 6. The Morgan fingerprint density at radius 1 is 0.939 bits per heavy atom. The van der Waals surface area contributed by atoms with Gasteiger partial charge in [-0.2, -0.15) is 4.98 Å². The number of ether oxygens (including phenoxy) is 2. The van der Waals surface area contributed by atoms with Crippen LogP contribution in [-0.4, -0.2) is 35.4 Å². The van der Waals surface area contributed by atoms with E-state index in [0.717, 1.165) is 28.3 Å². The van der Waals surface area contributed by atoms with Crippen molar-refractivity contribution < 1.29 is 28.3 Å². The summed E-state index contributed by atoms with van der Waals surface area (Å²) >= 11 is 0. The molecule has 0 saturated carbocycles. The molecule has 168 valence electrons. The SMILES string of the molecule is COCc1ccccc1-c1ccc(-c2nc(-c3ccc(C(=O)O)c(F)c3)no2)cc1COC. The fraction of sp³-hybridized carbons (Fsp3) is 0.160. The maximum absolute atomic E-state index is 14.1. The first-order chi connectivity index (χ1) is 16.0. The summed E-state index contributed by atoms with van der Waals surface area (Å²) in [4.78, 5) is 15.4. The minimum Gasteiger partial charge on any atom is -0.478 e. The zero-order chi connectivity index (χ0) is 23.4. The van der Waals surface area contributed by atoms with Crippen LogP contribution in [0.4, 0.5) is 4.39 Å². The van der Waals surface area contributed by atoms with Crippen LogP contribution in [0.2, 0.25) is 0 Å². The van der Waals surface area contributed by atoms with E-state index >= 15 is 0 Å². The molecule has 3 aromatic carbocycles. The summed E-state index contributed by atoms with van der Waals surface area (Å²) in [5, 5.41) is 12.9. The lowest BCUT2D eigenvalue weighted by molar-refractivity contribution is 0.0692. The number of methoxy groups -OCH3 is 2. The van der Waals surface area contributed by atoms with Crippen molar-refractivity contribution in [3.63, 3.8) is 0 Å². The lowest BCUT2D eigenvalue weighted by atomic mass is 9.94. The number of rotatable bonds is 8. The molecule has 8 heteroatoms. The van der Waals surface area contributed by atoms with Gasteiger partial charge in [-0.25, -0.2) is 9.18 Å². The molecule has 4 rings (SSSR count). The monoisotopic (exact) mass is 448 g/mol. The quantitative estimate of drug-likeness (QED) is 0.396. The fourth-order valence-electron chi connectivity index (χ4n) is 3.61. The standard InChI is InChI=1S/C25H21FN2O5/c1-31-13-17-5-3-4-6-19(17)20-9-8-16(11-18(20)14-32-2)24-27-23(28-33-24)15-7-10-21(25(29)30)22(26)12-15/h3-12H,13-14H2,1-2H3,(H,29,30). The van der Waals surface area contributed by atoms with Gasteiger partial charge in [0.15, 0.2) is 0 Å². The molecule has 33 heavy (non-hydrogen) atoms. The Hall–Kier alpha value is -3.88. The number of aromatic carboxylic acids is 1. The van der Waals surface area contributed by atoms with Gasteiger partial charge in [-0.1, -0.05) is 35.5 Å². The molecule has 1 aromatic heterocycles. The summed E-state index contributed by atoms with van der Waals surface area (Å²) < 4.78 is 30.2. The highest BCUT2D eigenvalue weighted by molar-refractivity contribution is 5.88. The number of nitrogens with zero attached hydrogens (tertiary/aromatic N) is 2. The van der Waals surface area contributed by atoms with E-state index in [4.69, 9.17) is 19.1 Å². The maximum Gasteiger partial charge on any atom is 0.338 e. The van der Waals surface area contributed by atoms with Gasteiger partial charge in [0.05, 0.1) is 18.8 Å². The predicted octanol–water partition coefficient (Wildman–Crippen LogP) is 5.20. The molecule has 0 atom stereocenters. The predicted molar refractivity (Wildman–Crippen MR) is 119 cm³/mol. The van der Waals surface area contributed by atoms with Crippen LogP contribution in [0, 0.1) is 5.82 Å². The Bertz CT molecular complexity index is 1300. The van der Waals surface area contributed by atoms with E-state index in [2.05, 4.69) is 10.1 Å². The second kappa shape index (κ2) is 9.72. The van der Waals surface area contributed by atoms with Crippen molar-refractivity contribution in [1.82, 2.24) is 10.1 Å². The van der Waals surface area contributed by atoms with Crippen molar-refractivity contribution in [1.29, 1.82) is 0 Å². The summed E-state index contributed by atoms with van der Waals surface area (Å²) in [6, 6.07) is 17.4. The molecular formula is C25H21FN2O5. The third-order valence-corrected chi connectivity index (χ3v) is 5.14. The van der Waals surface area contributed by atoms with Crippen LogP contribution in [0.25, 0.3) is 34.0 Å². The molecule has 0 aliphatic carbocycles.